The van der Waals surface area contributed by atoms with Crippen molar-refractivity contribution in [2.24, 2.45) is 0 Å². The van der Waals surface area contributed by atoms with Crippen LogP contribution in [0.4, 0.5) is 4.79 Å². The highest BCUT2D eigenvalue weighted by molar-refractivity contribution is 7.47. The number of carbonyl (C=O) groups excluding carboxylic acids is 1. The molecule has 0 spiro atoms. The molecule has 11 heteroatoms. The van der Waals surface area contributed by atoms with Gasteiger partial charge in [0.1, 0.15) is 0 Å². The van der Waals surface area contributed by atoms with E-state index in [-0.39, 0.29) is 19.8 Å². The van der Waals surface area contributed by atoms with E-state index >= 15 is 0 Å². The standard InChI is InChI=1S/C29H59N2O8P/c1-3-4-5-6-7-8-9-10-11-12-13-14-15-16-17-18-22-36-26-28(39-29(32)30-2)27-38-40(33,34)37-25-21-31-19-23-35-24-20-31/h28H,3-27H2,1-2H3,(H,30,32)(H,33,34). The number of phosphoric ester groups is 1. The van der Waals surface area contributed by atoms with Crippen LogP contribution in [0.1, 0.15) is 110 Å². The van der Waals surface area contributed by atoms with E-state index < -0.39 is 20.0 Å². The number of alkyl carbamates (subject to hydrolysis) is 1. The molecule has 1 rings (SSSR count). The van der Waals surface area contributed by atoms with Gasteiger partial charge < -0.3 is 24.4 Å². The van der Waals surface area contributed by atoms with Gasteiger partial charge in [0, 0.05) is 33.3 Å². The molecule has 238 valence electrons. The average molecular weight is 595 g/mol. The van der Waals surface area contributed by atoms with Crippen molar-refractivity contribution in [1.82, 2.24) is 10.2 Å². The highest BCUT2D eigenvalue weighted by atomic mass is 31.2. The highest BCUT2D eigenvalue weighted by Gasteiger charge is 2.25. The molecule has 1 aliphatic rings. The second-order valence-corrected chi connectivity index (χ2v) is 12.2. The van der Waals surface area contributed by atoms with Gasteiger partial charge in [0.2, 0.25) is 0 Å². The number of carbonyl (C=O) groups is 1. The molecule has 1 heterocycles. The normalized spacial score (nSPS) is 16.5. The quantitative estimate of drug-likeness (QED) is 0.0817. The van der Waals surface area contributed by atoms with Gasteiger partial charge in [-0.05, 0) is 6.42 Å². The number of nitrogens with one attached hydrogen (secondary N) is 1. The van der Waals surface area contributed by atoms with Crippen molar-refractivity contribution >= 4 is 13.9 Å². The van der Waals surface area contributed by atoms with Crippen LogP contribution in [0.25, 0.3) is 0 Å². The maximum Gasteiger partial charge on any atom is 0.472 e. The monoisotopic (exact) mass is 594 g/mol. The lowest BCUT2D eigenvalue weighted by Crippen LogP contribution is -2.38. The smallest absolute Gasteiger partial charge is 0.441 e. The summed E-state index contributed by atoms with van der Waals surface area (Å²) in [6.45, 7) is 5.98. The van der Waals surface area contributed by atoms with Crippen molar-refractivity contribution in [3.05, 3.63) is 0 Å². The molecule has 1 aliphatic heterocycles. The van der Waals surface area contributed by atoms with Gasteiger partial charge in [0.15, 0.2) is 6.10 Å². The lowest BCUT2D eigenvalue weighted by atomic mass is 10.0. The summed E-state index contributed by atoms with van der Waals surface area (Å²) in [6, 6.07) is 0. The summed E-state index contributed by atoms with van der Waals surface area (Å²) in [7, 11) is -2.82. The van der Waals surface area contributed by atoms with Crippen molar-refractivity contribution in [3.63, 3.8) is 0 Å². The SMILES string of the molecule is CCCCCCCCCCCCCCCCCCOCC(COP(=O)(O)OCCN1CCOCC1)OC(=O)NC. The van der Waals surface area contributed by atoms with Gasteiger partial charge >= 0.3 is 13.9 Å². The van der Waals surface area contributed by atoms with Gasteiger partial charge in [0.25, 0.3) is 0 Å². The summed E-state index contributed by atoms with van der Waals surface area (Å²) >= 11 is 0. The second kappa shape index (κ2) is 25.9. The summed E-state index contributed by atoms with van der Waals surface area (Å²) in [4.78, 5) is 23.7. The zero-order valence-corrected chi connectivity index (χ0v) is 26.3. The molecule has 0 bridgehead atoms. The molecule has 1 amide bonds. The van der Waals surface area contributed by atoms with Crippen molar-refractivity contribution < 1.29 is 37.5 Å². The van der Waals surface area contributed by atoms with Gasteiger partial charge in [-0.3, -0.25) is 13.9 Å². The molecule has 0 radical (unpaired) electrons. The Balaban J connectivity index is 2.03. The summed E-state index contributed by atoms with van der Waals surface area (Å²) in [5.41, 5.74) is 0. The number of morpholine rings is 1. The molecule has 2 N–H and O–H groups in total. The number of ether oxygens (including phenoxy) is 3. The first kappa shape index (κ1) is 37.3. The van der Waals surface area contributed by atoms with Crippen LogP contribution in [-0.4, -0.2) is 88.3 Å². The molecule has 0 saturated carbocycles. The molecule has 10 nitrogen and oxygen atoms in total. The van der Waals surface area contributed by atoms with Gasteiger partial charge in [-0.1, -0.05) is 103 Å². The highest BCUT2D eigenvalue weighted by Crippen LogP contribution is 2.43. The van der Waals surface area contributed by atoms with Crippen LogP contribution in [0.15, 0.2) is 0 Å². The number of amides is 1. The van der Waals surface area contributed by atoms with Gasteiger partial charge in [-0.25, -0.2) is 9.36 Å². The van der Waals surface area contributed by atoms with E-state index in [0.29, 0.717) is 26.4 Å². The minimum Gasteiger partial charge on any atom is -0.441 e. The third kappa shape index (κ3) is 22.9. The molecule has 0 aliphatic carbocycles. The predicted molar refractivity (Wildman–Crippen MR) is 159 cm³/mol. The van der Waals surface area contributed by atoms with Crippen molar-refractivity contribution in [1.29, 1.82) is 0 Å². The molecule has 2 unspecified atom stereocenters. The Morgan fingerprint density at radius 3 is 1.88 bits per heavy atom. The van der Waals surface area contributed by atoms with E-state index in [1.54, 1.807) is 0 Å². The third-order valence-corrected chi connectivity index (χ3v) is 8.10. The van der Waals surface area contributed by atoms with Crippen molar-refractivity contribution in [2.75, 3.05) is 66.3 Å². The van der Waals surface area contributed by atoms with Crippen LogP contribution in [0.3, 0.4) is 0 Å². The lowest BCUT2D eigenvalue weighted by molar-refractivity contribution is -0.0106. The van der Waals surface area contributed by atoms with Crippen LogP contribution in [0.5, 0.6) is 0 Å². The Morgan fingerprint density at radius 1 is 0.825 bits per heavy atom. The average Bonchev–Trinajstić information content (AvgIpc) is 2.95. The Morgan fingerprint density at radius 2 is 1.35 bits per heavy atom. The molecule has 0 aromatic carbocycles. The predicted octanol–water partition coefficient (Wildman–Crippen LogP) is 6.45. The van der Waals surface area contributed by atoms with Gasteiger partial charge in [-0.15, -0.1) is 0 Å². The minimum absolute atomic E-state index is 0.0600. The number of hydrogen-bond acceptors (Lipinski definition) is 8. The molecule has 1 saturated heterocycles. The first-order chi connectivity index (χ1) is 19.5. The number of phosphoric acid groups is 1. The second-order valence-electron chi connectivity index (χ2n) is 10.7. The van der Waals surface area contributed by atoms with Crippen LogP contribution < -0.4 is 5.32 Å². The minimum atomic E-state index is -4.27. The fourth-order valence-corrected chi connectivity index (χ4v) is 5.36. The summed E-state index contributed by atoms with van der Waals surface area (Å²) in [5, 5.41) is 2.37. The zero-order chi connectivity index (χ0) is 29.2. The maximum atomic E-state index is 12.2. The Hall–Kier alpha value is -0.740. The van der Waals surface area contributed by atoms with Gasteiger partial charge in [-0.2, -0.15) is 0 Å². The van der Waals surface area contributed by atoms with E-state index in [4.69, 9.17) is 23.3 Å². The molecule has 40 heavy (non-hydrogen) atoms. The molecule has 2 atom stereocenters. The maximum absolute atomic E-state index is 12.2. The molecule has 0 aromatic heterocycles. The number of hydrogen-bond donors (Lipinski definition) is 2. The summed E-state index contributed by atoms with van der Waals surface area (Å²) in [6.07, 6.45) is 19.5. The lowest BCUT2D eigenvalue weighted by Gasteiger charge is -2.26. The van der Waals surface area contributed by atoms with Crippen LogP contribution >= 0.6 is 7.82 Å². The van der Waals surface area contributed by atoms with E-state index in [0.717, 1.165) is 25.9 Å². The van der Waals surface area contributed by atoms with E-state index in [9.17, 15) is 14.3 Å². The molecular weight excluding hydrogens is 535 g/mol. The fraction of sp³-hybridized carbons (Fsp3) is 0.966. The van der Waals surface area contributed by atoms with Crippen molar-refractivity contribution in [3.8, 4) is 0 Å². The van der Waals surface area contributed by atoms with Crippen molar-refractivity contribution in [2.45, 2.75) is 116 Å². The molecule has 0 aromatic rings. The summed E-state index contributed by atoms with van der Waals surface area (Å²) in [5.74, 6) is 0. The number of rotatable bonds is 27. The Kier molecular flexibility index (Phi) is 24.2. The zero-order valence-electron chi connectivity index (χ0n) is 25.5. The van der Waals surface area contributed by atoms with E-state index in [1.807, 2.05) is 0 Å². The number of unbranched alkanes of at least 4 members (excludes halogenated alkanes) is 15. The van der Waals surface area contributed by atoms with Crippen LogP contribution in [0.2, 0.25) is 0 Å². The first-order valence-electron chi connectivity index (χ1n) is 15.8. The molecule has 1 fully saturated rings. The van der Waals surface area contributed by atoms with E-state index in [1.165, 1.54) is 96.9 Å². The van der Waals surface area contributed by atoms with Crippen LogP contribution in [-0.2, 0) is 27.8 Å². The first-order valence-corrected chi connectivity index (χ1v) is 17.3. The number of nitrogens with zero attached hydrogens (tertiary/aromatic N) is 1. The topological polar surface area (TPSA) is 116 Å². The Labute approximate surface area is 243 Å². The molecular formula is C29H59N2O8P. The summed E-state index contributed by atoms with van der Waals surface area (Å²) < 4.78 is 38.5. The van der Waals surface area contributed by atoms with Crippen LogP contribution in [0, 0.1) is 0 Å². The largest absolute Gasteiger partial charge is 0.472 e. The fourth-order valence-electron chi connectivity index (χ4n) is 4.62. The van der Waals surface area contributed by atoms with E-state index in [2.05, 4.69) is 17.1 Å². The Bertz CT molecular complexity index is 637. The van der Waals surface area contributed by atoms with Gasteiger partial charge in [0.05, 0.1) is 33.0 Å². The third-order valence-electron chi connectivity index (χ3n) is 7.11.